The highest BCUT2D eigenvalue weighted by Gasteiger charge is 2.52. The normalized spacial score (nSPS) is 22.7. The van der Waals surface area contributed by atoms with E-state index in [9.17, 15) is 18.8 Å². The summed E-state index contributed by atoms with van der Waals surface area (Å²) in [5, 5.41) is 8.98. The minimum absolute atomic E-state index is 0.102. The van der Waals surface area contributed by atoms with Gasteiger partial charge >= 0.3 is 18.2 Å². The SMILES string of the molecule is O=C(O)COC(=O)N(C1CC1)[C@H]1c2cc(F)ccc2N(C(=O)OCc2ccccc2)[C@H]2CCC[C@H]21. The largest absolute Gasteiger partial charge is 0.479 e. The van der Waals surface area contributed by atoms with Gasteiger partial charge in [-0.1, -0.05) is 36.8 Å². The lowest BCUT2D eigenvalue weighted by Crippen LogP contribution is -2.53. The summed E-state index contributed by atoms with van der Waals surface area (Å²) in [6, 6.07) is 12.8. The second-order valence-electron chi connectivity index (χ2n) is 9.31. The van der Waals surface area contributed by atoms with Crippen LogP contribution >= 0.6 is 0 Å². The second-order valence-corrected chi connectivity index (χ2v) is 9.31. The number of carbonyl (C=O) groups excluding carboxylic acids is 2. The Kier molecular flexibility index (Phi) is 6.32. The van der Waals surface area contributed by atoms with Crippen LogP contribution in [0.15, 0.2) is 48.5 Å². The molecule has 0 radical (unpaired) electrons. The summed E-state index contributed by atoms with van der Waals surface area (Å²) in [5.74, 6) is -1.86. The number of carboxylic acid groups (broad SMARTS) is 1. The summed E-state index contributed by atoms with van der Waals surface area (Å²) >= 11 is 0. The van der Waals surface area contributed by atoms with Crippen molar-refractivity contribution < 1.29 is 33.4 Å². The van der Waals surface area contributed by atoms with Gasteiger partial charge in [-0.3, -0.25) is 9.80 Å². The minimum atomic E-state index is -1.24. The van der Waals surface area contributed by atoms with Crippen LogP contribution in [0.1, 0.15) is 49.3 Å². The smallest absolute Gasteiger partial charge is 0.414 e. The molecule has 2 aliphatic carbocycles. The third-order valence-electron chi connectivity index (χ3n) is 7.01. The number of nitrogens with zero attached hydrogens (tertiary/aromatic N) is 2. The lowest BCUT2D eigenvalue weighted by molar-refractivity contribution is -0.140. The van der Waals surface area contributed by atoms with E-state index >= 15 is 0 Å². The third kappa shape index (κ3) is 4.67. The summed E-state index contributed by atoms with van der Waals surface area (Å²) in [6.45, 7) is -0.625. The zero-order valence-corrected chi connectivity index (χ0v) is 19.1. The van der Waals surface area contributed by atoms with Crippen molar-refractivity contribution >= 4 is 23.8 Å². The maximum Gasteiger partial charge on any atom is 0.414 e. The molecule has 2 aromatic rings. The average Bonchev–Trinajstić information content (AvgIpc) is 3.57. The number of ether oxygens (including phenoxy) is 2. The fourth-order valence-corrected chi connectivity index (χ4v) is 5.47. The Balaban J connectivity index is 1.49. The number of anilines is 1. The first-order chi connectivity index (χ1) is 16.9. The molecule has 2 saturated carbocycles. The van der Waals surface area contributed by atoms with Gasteiger partial charge in [0.2, 0.25) is 0 Å². The molecule has 3 atom stereocenters. The summed E-state index contributed by atoms with van der Waals surface area (Å²) in [6.07, 6.45) is 2.61. The van der Waals surface area contributed by atoms with E-state index < -0.39 is 36.6 Å². The zero-order chi connectivity index (χ0) is 24.5. The Bertz CT molecular complexity index is 1120. The first-order valence-corrected chi connectivity index (χ1v) is 11.9. The number of halogens is 1. The molecule has 8 nitrogen and oxygen atoms in total. The third-order valence-corrected chi connectivity index (χ3v) is 7.01. The molecule has 2 amide bonds. The van der Waals surface area contributed by atoms with E-state index in [4.69, 9.17) is 14.6 Å². The predicted molar refractivity (Wildman–Crippen MR) is 123 cm³/mol. The van der Waals surface area contributed by atoms with Crippen LogP contribution in [-0.2, 0) is 20.9 Å². The molecule has 9 heteroatoms. The highest BCUT2D eigenvalue weighted by molar-refractivity contribution is 5.91. The Labute approximate surface area is 202 Å². The van der Waals surface area contributed by atoms with Gasteiger partial charge in [-0.15, -0.1) is 0 Å². The molecule has 3 aliphatic rings. The number of carboxylic acids is 1. The van der Waals surface area contributed by atoms with Gasteiger partial charge in [0.15, 0.2) is 6.61 Å². The van der Waals surface area contributed by atoms with Crippen molar-refractivity contribution in [2.24, 2.45) is 5.92 Å². The summed E-state index contributed by atoms with van der Waals surface area (Å²) in [7, 11) is 0. The van der Waals surface area contributed by atoms with E-state index in [1.165, 1.54) is 12.1 Å². The Morgan fingerprint density at radius 2 is 1.80 bits per heavy atom. The fraction of sp³-hybridized carbons (Fsp3) is 0.423. The van der Waals surface area contributed by atoms with Crippen molar-refractivity contribution in [3.05, 3.63) is 65.5 Å². The lowest BCUT2D eigenvalue weighted by Gasteiger charge is -2.46. The van der Waals surface area contributed by atoms with Gasteiger partial charge in [0.05, 0.1) is 11.7 Å². The molecule has 1 aliphatic heterocycles. The highest BCUT2D eigenvalue weighted by Crippen LogP contribution is 2.53. The quantitative estimate of drug-likeness (QED) is 0.631. The Morgan fingerprint density at radius 1 is 1.03 bits per heavy atom. The molecule has 0 saturated heterocycles. The van der Waals surface area contributed by atoms with Gasteiger partial charge in [0, 0.05) is 23.6 Å². The number of hydrogen-bond donors (Lipinski definition) is 1. The van der Waals surface area contributed by atoms with Crippen molar-refractivity contribution in [3.63, 3.8) is 0 Å². The summed E-state index contributed by atoms with van der Waals surface area (Å²) in [5.41, 5.74) is 1.89. The second kappa shape index (κ2) is 9.56. The van der Waals surface area contributed by atoms with Crippen LogP contribution in [0.4, 0.5) is 19.7 Å². The maximum atomic E-state index is 14.5. The highest BCUT2D eigenvalue weighted by atomic mass is 19.1. The van der Waals surface area contributed by atoms with Crippen LogP contribution in [0.25, 0.3) is 0 Å². The van der Waals surface area contributed by atoms with Crippen molar-refractivity contribution in [2.75, 3.05) is 11.5 Å². The number of benzene rings is 2. The Morgan fingerprint density at radius 3 is 2.51 bits per heavy atom. The molecule has 184 valence electrons. The van der Waals surface area contributed by atoms with Crippen LogP contribution in [-0.4, -0.2) is 46.9 Å². The first kappa shape index (κ1) is 23.1. The average molecular weight is 483 g/mol. The molecule has 35 heavy (non-hydrogen) atoms. The number of amides is 2. The van der Waals surface area contributed by atoms with E-state index in [2.05, 4.69) is 0 Å². The van der Waals surface area contributed by atoms with E-state index in [0.717, 1.165) is 37.7 Å². The van der Waals surface area contributed by atoms with E-state index in [-0.39, 0.29) is 24.6 Å². The van der Waals surface area contributed by atoms with Gasteiger partial charge in [-0.2, -0.15) is 0 Å². The van der Waals surface area contributed by atoms with Crippen LogP contribution < -0.4 is 4.90 Å². The number of hydrogen-bond acceptors (Lipinski definition) is 5. The minimum Gasteiger partial charge on any atom is -0.479 e. The fourth-order valence-electron chi connectivity index (χ4n) is 5.47. The van der Waals surface area contributed by atoms with Crippen molar-refractivity contribution in [3.8, 4) is 0 Å². The van der Waals surface area contributed by atoms with Gasteiger partial charge in [0.25, 0.3) is 0 Å². The maximum absolute atomic E-state index is 14.5. The molecule has 5 rings (SSSR count). The van der Waals surface area contributed by atoms with Gasteiger partial charge < -0.3 is 14.6 Å². The number of rotatable bonds is 6. The van der Waals surface area contributed by atoms with Crippen molar-refractivity contribution in [1.82, 2.24) is 4.90 Å². The lowest BCUT2D eigenvalue weighted by atomic mass is 9.82. The van der Waals surface area contributed by atoms with Gasteiger partial charge in [-0.25, -0.2) is 18.8 Å². The van der Waals surface area contributed by atoms with Crippen molar-refractivity contribution in [1.29, 1.82) is 0 Å². The molecule has 2 aromatic carbocycles. The van der Waals surface area contributed by atoms with Gasteiger partial charge in [-0.05, 0) is 49.4 Å². The van der Waals surface area contributed by atoms with E-state index in [1.54, 1.807) is 15.9 Å². The standard InChI is InChI=1S/C26H27FN2O6/c27-17-9-12-22-20(13-17)24(28(18-10-11-18)25(32)35-15-23(30)31)19-7-4-8-21(19)29(22)26(33)34-14-16-5-2-1-3-6-16/h1-3,5-6,9,12-13,18-19,21,24H,4,7-8,10-11,14-15H2,(H,30,31)/t19-,21+,24-/m1/s1. The van der Waals surface area contributed by atoms with Gasteiger partial charge in [0.1, 0.15) is 12.4 Å². The topological polar surface area (TPSA) is 96.4 Å². The van der Waals surface area contributed by atoms with Crippen LogP contribution in [0.2, 0.25) is 0 Å². The molecule has 2 fully saturated rings. The molecule has 1 heterocycles. The number of aliphatic carboxylic acids is 1. The number of fused-ring (bicyclic) bond motifs is 2. The predicted octanol–water partition coefficient (Wildman–Crippen LogP) is 4.88. The Hall–Kier alpha value is -3.62. The molecule has 1 N–H and O–H groups in total. The molecular formula is C26H27FN2O6. The molecule has 0 spiro atoms. The zero-order valence-electron chi connectivity index (χ0n) is 19.1. The number of carbonyl (C=O) groups is 3. The molecule has 0 unspecified atom stereocenters. The van der Waals surface area contributed by atoms with E-state index in [0.29, 0.717) is 11.3 Å². The monoisotopic (exact) mass is 482 g/mol. The summed E-state index contributed by atoms with van der Waals surface area (Å²) < 4.78 is 25.2. The van der Waals surface area contributed by atoms with Crippen LogP contribution in [0, 0.1) is 11.7 Å². The molecular weight excluding hydrogens is 455 g/mol. The van der Waals surface area contributed by atoms with E-state index in [1.807, 2.05) is 30.3 Å². The van der Waals surface area contributed by atoms with Crippen molar-refractivity contribution in [2.45, 2.75) is 56.8 Å². The first-order valence-electron chi connectivity index (χ1n) is 11.9. The van der Waals surface area contributed by atoms with Crippen LogP contribution in [0.3, 0.4) is 0 Å². The van der Waals surface area contributed by atoms with Crippen LogP contribution in [0.5, 0.6) is 0 Å². The summed E-state index contributed by atoms with van der Waals surface area (Å²) in [4.78, 5) is 40.5. The molecule has 0 bridgehead atoms. The molecule has 0 aromatic heterocycles.